The minimum absolute atomic E-state index is 0.0393. The predicted molar refractivity (Wildman–Crippen MR) is 161 cm³/mol. The van der Waals surface area contributed by atoms with Gasteiger partial charge >= 0.3 is 0 Å². The van der Waals surface area contributed by atoms with E-state index in [4.69, 9.17) is 9.73 Å². The molecule has 1 heterocycles. The number of hydrogen-bond donors (Lipinski definition) is 1. The Balaban J connectivity index is 1.16. The van der Waals surface area contributed by atoms with Crippen LogP contribution in [0, 0.1) is 0 Å². The zero-order valence-corrected chi connectivity index (χ0v) is 22.5. The summed E-state index contributed by atoms with van der Waals surface area (Å²) < 4.78 is 6.09. The van der Waals surface area contributed by atoms with Crippen LogP contribution in [0.15, 0.2) is 102 Å². The first kappa shape index (κ1) is 25.1. The van der Waals surface area contributed by atoms with Crippen molar-refractivity contribution in [2.45, 2.75) is 38.8 Å². The molecule has 1 amide bonds. The van der Waals surface area contributed by atoms with Gasteiger partial charge < -0.3 is 10.1 Å². The highest BCUT2D eigenvalue weighted by Crippen LogP contribution is 2.40. The monoisotopic (exact) mass is 530 g/mol. The predicted octanol–water partition coefficient (Wildman–Crippen LogP) is 8.04. The molecule has 0 saturated carbocycles. The number of ether oxygens (including phenoxy) is 1. The molecule has 0 spiro atoms. The molecule has 4 aromatic carbocycles. The van der Waals surface area contributed by atoms with E-state index in [2.05, 4.69) is 47.8 Å². The Morgan fingerprint density at radius 1 is 0.872 bits per heavy atom. The smallest absolute Gasteiger partial charge is 0.254 e. The first-order valence-electron chi connectivity index (χ1n) is 13.4. The summed E-state index contributed by atoms with van der Waals surface area (Å²) in [6.07, 6.45) is 6.10. The molecule has 1 aromatic heterocycles. The van der Waals surface area contributed by atoms with E-state index in [1.54, 1.807) is 11.3 Å². The summed E-state index contributed by atoms with van der Waals surface area (Å²) in [6, 6.07) is 32.6. The van der Waals surface area contributed by atoms with Crippen LogP contribution in [-0.2, 0) is 26.0 Å². The Hall–Kier alpha value is -4.22. The quantitative estimate of drug-likeness (QED) is 0.206. The van der Waals surface area contributed by atoms with Crippen molar-refractivity contribution in [1.29, 1.82) is 0 Å². The van der Waals surface area contributed by atoms with Gasteiger partial charge in [0.1, 0.15) is 17.4 Å². The number of carbonyl (C=O) groups excluding carboxylic acids is 1. The maximum Gasteiger partial charge on any atom is 0.254 e. The third kappa shape index (κ3) is 5.79. The summed E-state index contributed by atoms with van der Waals surface area (Å²) in [5.74, 6) is 0.773. The Bertz CT molecular complexity index is 1620. The van der Waals surface area contributed by atoms with E-state index in [9.17, 15) is 4.79 Å². The maximum atomic E-state index is 13.3. The van der Waals surface area contributed by atoms with Crippen LogP contribution in [0.4, 0.5) is 5.00 Å². The first-order chi connectivity index (χ1) is 19.2. The third-order valence-corrected chi connectivity index (χ3v) is 8.36. The van der Waals surface area contributed by atoms with Gasteiger partial charge in [0.2, 0.25) is 0 Å². The fourth-order valence-electron chi connectivity index (χ4n) is 5.11. The number of benzene rings is 4. The normalized spacial score (nSPS) is 12.9. The van der Waals surface area contributed by atoms with Crippen molar-refractivity contribution in [1.82, 2.24) is 5.32 Å². The van der Waals surface area contributed by atoms with E-state index in [1.165, 1.54) is 33.2 Å². The van der Waals surface area contributed by atoms with Gasteiger partial charge in [-0.05, 0) is 83.0 Å². The van der Waals surface area contributed by atoms with Crippen LogP contribution in [0.2, 0.25) is 0 Å². The molecule has 1 aliphatic rings. The number of hydrogen-bond acceptors (Lipinski definition) is 4. The average molecular weight is 531 g/mol. The zero-order valence-electron chi connectivity index (χ0n) is 21.7. The molecule has 0 atom stereocenters. The molecule has 0 radical (unpaired) electrons. The molecule has 5 heteroatoms. The molecule has 5 aromatic rings. The van der Waals surface area contributed by atoms with Gasteiger partial charge in [0.15, 0.2) is 0 Å². The van der Waals surface area contributed by atoms with Crippen LogP contribution >= 0.6 is 11.3 Å². The van der Waals surface area contributed by atoms with E-state index >= 15 is 0 Å². The second-order valence-electron chi connectivity index (χ2n) is 9.81. The van der Waals surface area contributed by atoms with Crippen LogP contribution < -0.4 is 10.1 Å². The van der Waals surface area contributed by atoms with E-state index in [-0.39, 0.29) is 5.91 Å². The maximum absolute atomic E-state index is 13.3. The SMILES string of the molecule is O=C(NCc1ccccc1)c1c(/N=C\c2ccc(OCc3cccc4ccccc34)cc2)sc2c1CCCC2. The second kappa shape index (κ2) is 11.7. The lowest BCUT2D eigenvalue weighted by atomic mass is 9.95. The van der Waals surface area contributed by atoms with Gasteiger partial charge in [-0.25, -0.2) is 4.99 Å². The van der Waals surface area contributed by atoms with Crippen molar-refractivity contribution in [3.63, 3.8) is 0 Å². The Labute approximate surface area is 233 Å². The second-order valence-corrected chi connectivity index (χ2v) is 10.9. The van der Waals surface area contributed by atoms with E-state index in [0.29, 0.717) is 13.2 Å². The molecule has 39 heavy (non-hydrogen) atoms. The molecule has 0 unspecified atom stereocenters. The molecule has 0 saturated heterocycles. The van der Waals surface area contributed by atoms with Crippen molar-refractivity contribution in [2.24, 2.45) is 4.99 Å². The van der Waals surface area contributed by atoms with Gasteiger partial charge in [-0.3, -0.25) is 4.79 Å². The fourth-order valence-corrected chi connectivity index (χ4v) is 6.34. The molecule has 0 fully saturated rings. The molecular formula is C34H30N2O2S. The number of aliphatic imine (C=N–C) groups is 1. The van der Waals surface area contributed by atoms with Crippen molar-refractivity contribution < 1.29 is 9.53 Å². The van der Waals surface area contributed by atoms with Crippen LogP contribution in [0.3, 0.4) is 0 Å². The molecule has 194 valence electrons. The van der Waals surface area contributed by atoms with Gasteiger partial charge in [0, 0.05) is 17.6 Å². The van der Waals surface area contributed by atoms with Gasteiger partial charge in [0.05, 0.1) is 5.56 Å². The van der Waals surface area contributed by atoms with Crippen molar-refractivity contribution in [3.8, 4) is 5.75 Å². The fraction of sp³-hybridized carbons (Fsp3) is 0.176. The molecule has 1 N–H and O–H groups in total. The van der Waals surface area contributed by atoms with Gasteiger partial charge in [-0.1, -0.05) is 72.8 Å². The zero-order chi connectivity index (χ0) is 26.4. The summed E-state index contributed by atoms with van der Waals surface area (Å²) >= 11 is 1.66. The van der Waals surface area contributed by atoms with Crippen molar-refractivity contribution in [3.05, 3.63) is 130 Å². The van der Waals surface area contributed by atoms with Crippen molar-refractivity contribution >= 4 is 39.2 Å². The molecule has 6 rings (SSSR count). The summed E-state index contributed by atoms with van der Waals surface area (Å²) in [7, 11) is 0. The summed E-state index contributed by atoms with van der Waals surface area (Å²) in [4.78, 5) is 19.4. The summed E-state index contributed by atoms with van der Waals surface area (Å²) in [5.41, 5.74) is 5.15. The van der Waals surface area contributed by atoms with Crippen LogP contribution in [0.5, 0.6) is 5.75 Å². The standard InChI is InChI=1S/C34H30N2O2S/c37-33(35-21-24-9-2-1-3-10-24)32-30-15-6-7-16-31(30)39-34(32)36-22-25-17-19-28(20-18-25)38-23-27-13-8-12-26-11-4-5-14-29(26)27/h1-5,8-14,17-20,22H,6-7,15-16,21,23H2,(H,35,37)/b36-22-. The highest BCUT2D eigenvalue weighted by atomic mass is 32.1. The number of aryl methyl sites for hydroxylation is 1. The number of nitrogens with one attached hydrogen (secondary N) is 1. The molecule has 1 aliphatic carbocycles. The number of carbonyl (C=O) groups is 1. The number of rotatable bonds is 8. The van der Waals surface area contributed by atoms with Crippen LogP contribution in [-0.4, -0.2) is 12.1 Å². The molecule has 4 nitrogen and oxygen atoms in total. The highest BCUT2D eigenvalue weighted by Gasteiger charge is 2.25. The minimum Gasteiger partial charge on any atom is -0.489 e. The van der Waals surface area contributed by atoms with E-state index < -0.39 is 0 Å². The minimum atomic E-state index is -0.0393. The van der Waals surface area contributed by atoms with Gasteiger partial charge in [-0.15, -0.1) is 11.3 Å². The van der Waals surface area contributed by atoms with Gasteiger partial charge in [0.25, 0.3) is 5.91 Å². The van der Waals surface area contributed by atoms with Crippen LogP contribution in [0.1, 0.15) is 50.3 Å². The summed E-state index contributed by atoms with van der Waals surface area (Å²) in [6.45, 7) is 1.02. The highest BCUT2D eigenvalue weighted by molar-refractivity contribution is 7.16. The Morgan fingerprint density at radius 2 is 1.64 bits per heavy atom. The number of fused-ring (bicyclic) bond motifs is 2. The lowest BCUT2D eigenvalue weighted by Crippen LogP contribution is -2.24. The molecule has 0 aliphatic heterocycles. The topological polar surface area (TPSA) is 50.7 Å². The largest absolute Gasteiger partial charge is 0.489 e. The third-order valence-electron chi connectivity index (χ3n) is 7.16. The number of thiophene rings is 1. The van der Waals surface area contributed by atoms with E-state index in [0.717, 1.165) is 46.7 Å². The lowest BCUT2D eigenvalue weighted by Gasteiger charge is -2.12. The Kier molecular flexibility index (Phi) is 7.50. The van der Waals surface area contributed by atoms with Crippen molar-refractivity contribution in [2.75, 3.05) is 0 Å². The van der Waals surface area contributed by atoms with Crippen LogP contribution in [0.25, 0.3) is 10.8 Å². The number of nitrogens with zero attached hydrogens (tertiary/aromatic N) is 1. The Morgan fingerprint density at radius 3 is 2.51 bits per heavy atom. The lowest BCUT2D eigenvalue weighted by molar-refractivity contribution is 0.0951. The average Bonchev–Trinajstić information content (AvgIpc) is 3.37. The number of amides is 1. The van der Waals surface area contributed by atoms with E-state index in [1.807, 2.05) is 60.8 Å². The molecular weight excluding hydrogens is 500 g/mol. The van der Waals surface area contributed by atoms with Gasteiger partial charge in [-0.2, -0.15) is 0 Å². The first-order valence-corrected chi connectivity index (χ1v) is 14.3. The summed E-state index contributed by atoms with van der Waals surface area (Å²) in [5, 5.41) is 6.34. The molecule has 0 bridgehead atoms.